The lowest BCUT2D eigenvalue weighted by Gasteiger charge is -2.01. The third-order valence-electron chi connectivity index (χ3n) is 2.58. The lowest BCUT2D eigenvalue weighted by atomic mass is 10.1. The van der Waals surface area contributed by atoms with E-state index in [1.54, 1.807) is 11.6 Å². The highest BCUT2D eigenvalue weighted by Gasteiger charge is 2.13. The normalized spacial score (nSPS) is 11.4. The second-order valence-corrected chi connectivity index (χ2v) is 4.19. The van der Waals surface area contributed by atoms with E-state index in [0.29, 0.717) is 5.71 Å². The van der Waals surface area contributed by atoms with Crippen molar-refractivity contribution >= 4 is 11.7 Å². The molecule has 0 N–H and O–H groups in total. The number of oxime groups is 1. The van der Waals surface area contributed by atoms with Gasteiger partial charge in [0.15, 0.2) is 0 Å². The Morgan fingerprint density at radius 3 is 2.58 bits per heavy atom. The summed E-state index contributed by atoms with van der Waals surface area (Å²) in [7, 11) is 1.84. The molecule has 0 aliphatic heterocycles. The van der Waals surface area contributed by atoms with Gasteiger partial charge in [0.2, 0.25) is 0 Å². The Hall–Kier alpha value is -2.43. The summed E-state index contributed by atoms with van der Waals surface area (Å²) < 4.78 is 1.71. The van der Waals surface area contributed by atoms with E-state index >= 15 is 0 Å². The number of aryl methyl sites for hydroxylation is 1. The molecule has 5 heteroatoms. The molecule has 0 aliphatic carbocycles. The van der Waals surface area contributed by atoms with E-state index in [4.69, 9.17) is 0 Å². The average molecular weight is 257 g/mol. The van der Waals surface area contributed by atoms with Crippen LogP contribution in [-0.2, 0) is 16.7 Å². The Labute approximate surface area is 111 Å². The monoisotopic (exact) mass is 257 g/mol. The Kier molecular flexibility index (Phi) is 3.75. The first kappa shape index (κ1) is 13.0. The van der Waals surface area contributed by atoms with Crippen LogP contribution in [0.2, 0.25) is 0 Å². The molecule has 0 bridgehead atoms. The first-order valence-electron chi connectivity index (χ1n) is 5.89. The van der Waals surface area contributed by atoms with Crippen molar-refractivity contribution in [3.8, 4) is 11.3 Å². The first-order valence-corrected chi connectivity index (χ1v) is 5.89. The van der Waals surface area contributed by atoms with Crippen LogP contribution in [0.15, 0.2) is 41.7 Å². The third kappa shape index (κ3) is 3.07. The lowest BCUT2D eigenvalue weighted by molar-refractivity contribution is -0.140. The number of carbonyl (C=O) groups is 1. The fourth-order valence-corrected chi connectivity index (χ4v) is 1.74. The van der Waals surface area contributed by atoms with E-state index in [-0.39, 0.29) is 0 Å². The number of nitrogens with zero attached hydrogens (tertiary/aromatic N) is 3. The molecular weight excluding hydrogens is 242 g/mol. The van der Waals surface area contributed by atoms with Crippen LogP contribution in [0, 0.1) is 0 Å². The van der Waals surface area contributed by atoms with E-state index in [1.165, 1.54) is 6.92 Å². The number of rotatable bonds is 3. The van der Waals surface area contributed by atoms with Crippen molar-refractivity contribution < 1.29 is 9.63 Å². The molecule has 0 saturated heterocycles. The third-order valence-corrected chi connectivity index (χ3v) is 2.58. The van der Waals surface area contributed by atoms with Gasteiger partial charge in [0.25, 0.3) is 0 Å². The summed E-state index contributed by atoms with van der Waals surface area (Å²) in [6, 6.07) is 9.81. The van der Waals surface area contributed by atoms with Crippen molar-refractivity contribution in [2.75, 3.05) is 0 Å². The van der Waals surface area contributed by atoms with E-state index < -0.39 is 5.97 Å². The van der Waals surface area contributed by atoms with Gasteiger partial charge in [0.05, 0.1) is 5.71 Å². The quantitative estimate of drug-likeness (QED) is 0.482. The van der Waals surface area contributed by atoms with Crippen molar-refractivity contribution in [1.29, 1.82) is 0 Å². The second kappa shape index (κ2) is 5.48. The summed E-state index contributed by atoms with van der Waals surface area (Å²) in [5, 5.41) is 8.23. The van der Waals surface area contributed by atoms with Gasteiger partial charge in [0.1, 0.15) is 5.69 Å². The average Bonchev–Trinajstić information content (AvgIpc) is 2.79. The minimum Gasteiger partial charge on any atom is -0.318 e. The van der Waals surface area contributed by atoms with Crippen molar-refractivity contribution in [2.24, 2.45) is 12.2 Å². The highest BCUT2D eigenvalue weighted by molar-refractivity contribution is 6.03. The van der Waals surface area contributed by atoms with Crippen LogP contribution in [0.4, 0.5) is 0 Å². The topological polar surface area (TPSA) is 56.5 Å². The molecule has 2 rings (SSSR count). The minimum absolute atomic E-state index is 0.440. The maximum Gasteiger partial charge on any atom is 0.331 e. The maximum atomic E-state index is 10.8. The molecule has 0 aliphatic rings. The molecule has 2 aromatic rings. The molecule has 1 heterocycles. The van der Waals surface area contributed by atoms with Crippen LogP contribution in [0.5, 0.6) is 0 Å². The second-order valence-electron chi connectivity index (χ2n) is 4.19. The fourth-order valence-electron chi connectivity index (χ4n) is 1.74. The number of aromatic nitrogens is 2. The standard InChI is InChI=1S/C14H15N3O2/c1-10(16-19-11(2)18)13-9-17(3)15-14(13)12-7-5-4-6-8-12/h4-9H,1-3H3/b16-10+. The van der Waals surface area contributed by atoms with Gasteiger partial charge in [-0.05, 0) is 6.92 Å². The molecule has 19 heavy (non-hydrogen) atoms. The summed E-state index contributed by atoms with van der Waals surface area (Å²) in [6.45, 7) is 3.10. The van der Waals surface area contributed by atoms with Gasteiger partial charge in [-0.15, -0.1) is 0 Å². The molecule has 1 aromatic carbocycles. The summed E-state index contributed by atoms with van der Waals surface area (Å²) >= 11 is 0. The maximum absolute atomic E-state index is 10.8. The molecule has 0 unspecified atom stereocenters. The fraction of sp³-hybridized carbons (Fsp3) is 0.214. The summed E-state index contributed by atoms with van der Waals surface area (Å²) in [5.41, 5.74) is 3.27. The van der Waals surface area contributed by atoms with E-state index in [0.717, 1.165) is 16.8 Å². The van der Waals surface area contributed by atoms with Gasteiger partial charge in [-0.1, -0.05) is 35.5 Å². The summed E-state index contributed by atoms with van der Waals surface area (Å²) in [4.78, 5) is 15.5. The number of carbonyl (C=O) groups excluding carboxylic acids is 1. The molecule has 0 spiro atoms. The summed E-state index contributed by atoms with van der Waals surface area (Å²) in [6.07, 6.45) is 1.85. The molecule has 1 aromatic heterocycles. The molecular formula is C14H15N3O2. The Morgan fingerprint density at radius 2 is 1.95 bits per heavy atom. The van der Waals surface area contributed by atoms with Crippen molar-refractivity contribution in [2.45, 2.75) is 13.8 Å². The predicted molar refractivity (Wildman–Crippen MR) is 72.6 cm³/mol. The van der Waals surface area contributed by atoms with Crippen LogP contribution >= 0.6 is 0 Å². The minimum atomic E-state index is -0.440. The Balaban J connectivity index is 2.42. The van der Waals surface area contributed by atoms with E-state index in [1.807, 2.05) is 43.6 Å². The number of benzene rings is 1. The van der Waals surface area contributed by atoms with Crippen LogP contribution in [-0.4, -0.2) is 21.5 Å². The zero-order valence-corrected chi connectivity index (χ0v) is 11.1. The Bertz CT molecular complexity index is 615. The summed E-state index contributed by atoms with van der Waals surface area (Å²) in [5.74, 6) is -0.440. The van der Waals surface area contributed by atoms with Crippen molar-refractivity contribution in [3.63, 3.8) is 0 Å². The molecule has 0 amide bonds. The van der Waals surface area contributed by atoms with Gasteiger partial charge in [0, 0.05) is 31.3 Å². The van der Waals surface area contributed by atoms with Crippen molar-refractivity contribution in [1.82, 2.24) is 9.78 Å². The van der Waals surface area contributed by atoms with Crippen LogP contribution in [0.3, 0.4) is 0 Å². The van der Waals surface area contributed by atoms with Crippen LogP contribution in [0.25, 0.3) is 11.3 Å². The van der Waals surface area contributed by atoms with Gasteiger partial charge in [-0.2, -0.15) is 5.10 Å². The molecule has 0 saturated carbocycles. The number of hydrogen-bond donors (Lipinski definition) is 0. The smallest absolute Gasteiger partial charge is 0.318 e. The van der Waals surface area contributed by atoms with Crippen molar-refractivity contribution in [3.05, 3.63) is 42.1 Å². The first-order chi connectivity index (χ1) is 9.08. The zero-order valence-electron chi connectivity index (χ0n) is 11.1. The van der Waals surface area contributed by atoms with Gasteiger partial charge >= 0.3 is 5.97 Å². The van der Waals surface area contributed by atoms with Gasteiger partial charge < -0.3 is 4.84 Å². The molecule has 98 valence electrons. The molecule has 5 nitrogen and oxygen atoms in total. The largest absolute Gasteiger partial charge is 0.331 e. The zero-order chi connectivity index (χ0) is 13.8. The SMILES string of the molecule is CC(=O)O/N=C(\C)c1cn(C)nc1-c1ccccc1. The lowest BCUT2D eigenvalue weighted by Crippen LogP contribution is -2.00. The predicted octanol–water partition coefficient (Wildman–Crippen LogP) is 2.37. The van der Waals surface area contributed by atoms with Gasteiger partial charge in [-0.3, -0.25) is 4.68 Å². The van der Waals surface area contributed by atoms with Crippen LogP contribution < -0.4 is 0 Å². The van der Waals surface area contributed by atoms with E-state index in [9.17, 15) is 4.79 Å². The van der Waals surface area contributed by atoms with E-state index in [2.05, 4.69) is 15.1 Å². The highest BCUT2D eigenvalue weighted by Crippen LogP contribution is 2.22. The molecule has 0 atom stereocenters. The van der Waals surface area contributed by atoms with Crippen LogP contribution in [0.1, 0.15) is 19.4 Å². The highest BCUT2D eigenvalue weighted by atomic mass is 16.7. The molecule has 0 fully saturated rings. The molecule has 0 radical (unpaired) electrons. The number of hydrogen-bond acceptors (Lipinski definition) is 4. The Morgan fingerprint density at radius 1 is 1.26 bits per heavy atom. The van der Waals surface area contributed by atoms with Gasteiger partial charge in [-0.25, -0.2) is 4.79 Å².